The van der Waals surface area contributed by atoms with Crippen LogP contribution in [0.4, 0.5) is 0 Å². The fourth-order valence-corrected chi connectivity index (χ4v) is 2.06. The molecule has 0 saturated heterocycles. The Balaban J connectivity index is 1.93. The van der Waals surface area contributed by atoms with E-state index in [-0.39, 0.29) is 5.91 Å². The van der Waals surface area contributed by atoms with Crippen LogP contribution in [0.1, 0.15) is 51.9 Å². The van der Waals surface area contributed by atoms with E-state index in [9.17, 15) is 4.79 Å². The molecule has 17 heavy (non-hydrogen) atoms. The Labute approximate surface area is 105 Å². The van der Waals surface area contributed by atoms with Crippen LogP contribution in [0.15, 0.2) is 11.6 Å². The molecule has 0 aromatic carbocycles. The molecule has 0 saturated carbocycles. The molecule has 0 spiro atoms. The summed E-state index contributed by atoms with van der Waals surface area (Å²) in [5.41, 5.74) is 1.60. The van der Waals surface area contributed by atoms with Crippen molar-refractivity contribution in [3.63, 3.8) is 0 Å². The molecule has 0 heterocycles. The minimum atomic E-state index is 0.163. The van der Waals surface area contributed by atoms with Crippen molar-refractivity contribution in [3.05, 3.63) is 11.6 Å². The van der Waals surface area contributed by atoms with Crippen molar-refractivity contribution < 1.29 is 4.79 Å². The maximum Gasteiger partial charge on any atom is 0.221 e. The van der Waals surface area contributed by atoms with Crippen LogP contribution in [0.25, 0.3) is 0 Å². The molecule has 1 aliphatic rings. The summed E-state index contributed by atoms with van der Waals surface area (Å²) < 4.78 is 0. The largest absolute Gasteiger partial charge is 0.356 e. The summed E-state index contributed by atoms with van der Waals surface area (Å²) in [5, 5.41) is 6.22. The van der Waals surface area contributed by atoms with E-state index in [1.807, 2.05) is 0 Å². The monoisotopic (exact) mass is 238 g/mol. The van der Waals surface area contributed by atoms with Crippen molar-refractivity contribution >= 4 is 5.91 Å². The summed E-state index contributed by atoms with van der Waals surface area (Å²) in [6, 6.07) is 0. The van der Waals surface area contributed by atoms with Crippen LogP contribution in [0, 0.1) is 0 Å². The van der Waals surface area contributed by atoms with Crippen molar-refractivity contribution in [2.24, 2.45) is 0 Å². The van der Waals surface area contributed by atoms with E-state index in [1.54, 1.807) is 5.57 Å². The molecule has 1 aliphatic carbocycles. The fourth-order valence-electron chi connectivity index (χ4n) is 2.06. The Morgan fingerprint density at radius 2 is 2.18 bits per heavy atom. The summed E-state index contributed by atoms with van der Waals surface area (Å²) in [6.07, 6.45) is 10.4. The Kier molecular flexibility index (Phi) is 7.72. The Morgan fingerprint density at radius 1 is 1.29 bits per heavy atom. The lowest BCUT2D eigenvalue weighted by atomic mass is 9.97. The van der Waals surface area contributed by atoms with Crippen molar-refractivity contribution in [1.29, 1.82) is 0 Å². The van der Waals surface area contributed by atoms with Gasteiger partial charge in [0.25, 0.3) is 0 Å². The molecule has 0 fully saturated rings. The van der Waals surface area contributed by atoms with Crippen LogP contribution in [-0.4, -0.2) is 25.5 Å². The van der Waals surface area contributed by atoms with Gasteiger partial charge in [-0.3, -0.25) is 4.79 Å². The highest BCUT2D eigenvalue weighted by atomic mass is 16.1. The van der Waals surface area contributed by atoms with Gasteiger partial charge >= 0.3 is 0 Å². The van der Waals surface area contributed by atoms with E-state index in [0.29, 0.717) is 6.42 Å². The van der Waals surface area contributed by atoms with Crippen LogP contribution in [-0.2, 0) is 4.79 Å². The summed E-state index contributed by atoms with van der Waals surface area (Å²) in [6.45, 7) is 4.66. The molecule has 0 aromatic heterocycles. The maximum absolute atomic E-state index is 11.3. The standard InChI is InChI=1S/C14H26N2O/c1-2-10-16-14(17)9-12-15-11-8-13-6-4-3-5-7-13/h6,15H,2-5,7-12H2,1H3,(H,16,17). The van der Waals surface area contributed by atoms with Gasteiger partial charge in [0.2, 0.25) is 5.91 Å². The molecule has 2 N–H and O–H groups in total. The molecule has 0 aromatic rings. The van der Waals surface area contributed by atoms with E-state index < -0.39 is 0 Å². The van der Waals surface area contributed by atoms with Crippen LogP contribution >= 0.6 is 0 Å². The second-order valence-corrected chi connectivity index (χ2v) is 4.71. The van der Waals surface area contributed by atoms with Gasteiger partial charge in [0.1, 0.15) is 0 Å². The van der Waals surface area contributed by atoms with E-state index in [1.165, 1.54) is 25.7 Å². The highest BCUT2D eigenvalue weighted by Crippen LogP contribution is 2.19. The number of carbonyl (C=O) groups is 1. The van der Waals surface area contributed by atoms with Gasteiger partial charge < -0.3 is 10.6 Å². The molecular weight excluding hydrogens is 212 g/mol. The summed E-state index contributed by atoms with van der Waals surface area (Å²) in [5.74, 6) is 0.163. The van der Waals surface area contributed by atoms with E-state index in [0.717, 1.165) is 32.5 Å². The molecule has 0 bridgehead atoms. The first-order valence-electron chi connectivity index (χ1n) is 6.98. The zero-order valence-electron chi connectivity index (χ0n) is 11.1. The number of hydrogen-bond acceptors (Lipinski definition) is 2. The third kappa shape index (κ3) is 7.16. The molecule has 1 rings (SSSR count). The topological polar surface area (TPSA) is 41.1 Å². The molecule has 3 nitrogen and oxygen atoms in total. The Morgan fingerprint density at radius 3 is 2.88 bits per heavy atom. The Hall–Kier alpha value is -0.830. The molecule has 0 unspecified atom stereocenters. The second-order valence-electron chi connectivity index (χ2n) is 4.71. The number of nitrogens with one attached hydrogen (secondary N) is 2. The number of hydrogen-bond donors (Lipinski definition) is 2. The summed E-state index contributed by atoms with van der Waals surface area (Å²) >= 11 is 0. The molecular formula is C14H26N2O. The smallest absolute Gasteiger partial charge is 0.221 e. The minimum absolute atomic E-state index is 0.163. The van der Waals surface area contributed by atoms with Gasteiger partial charge in [0.15, 0.2) is 0 Å². The molecule has 1 amide bonds. The maximum atomic E-state index is 11.3. The average molecular weight is 238 g/mol. The number of rotatable bonds is 8. The third-order valence-electron chi connectivity index (χ3n) is 3.11. The lowest BCUT2D eigenvalue weighted by molar-refractivity contribution is -0.120. The molecule has 0 atom stereocenters. The quantitative estimate of drug-likeness (QED) is 0.503. The number of amides is 1. The molecule has 98 valence electrons. The van der Waals surface area contributed by atoms with E-state index >= 15 is 0 Å². The first-order chi connectivity index (χ1) is 8.33. The highest BCUT2D eigenvalue weighted by molar-refractivity contribution is 5.75. The van der Waals surface area contributed by atoms with Crippen molar-refractivity contribution in [2.45, 2.75) is 51.9 Å². The average Bonchev–Trinajstić information content (AvgIpc) is 2.37. The van der Waals surface area contributed by atoms with Gasteiger partial charge in [0, 0.05) is 19.5 Å². The number of allylic oxidation sites excluding steroid dienone is 1. The SMILES string of the molecule is CCCNC(=O)CCNCCC1=CCCCC1. The van der Waals surface area contributed by atoms with Gasteiger partial charge in [-0.05, 0) is 45.1 Å². The van der Waals surface area contributed by atoms with Crippen LogP contribution in [0.5, 0.6) is 0 Å². The van der Waals surface area contributed by atoms with Gasteiger partial charge in [-0.15, -0.1) is 0 Å². The lowest BCUT2D eigenvalue weighted by Crippen LogP contribution is -2.28. The predicted octanol–water partition coefficient (Wildman–Crippen LogP) is 2.38. The molecule has 3 heteroatoms. The summed E-state index contributed by atoms with van der Waals surface area (Å²) in [7, 11) is 0. The number of carbonyl (C=O) groups excluding carboxylic acids is 1. The minimum Gasteiger partial charge on any atom is -0.356 e. The zero-order chi connectivity index (χ0) is 12.3. The second kappa shape index (κ2) is 9.23. The molecule has 0 aliphatic heterocycles. The normalized spacial score (nSPS) is 15.5. The van der Waals surface area contributed by atoms with Gasteiger partial charge in [0.05, 0.1) is 0 Å². The Bertz CT molecular complexity index is 249. The predicted molar refractivity (Wildman–Crippen MR) is 72.0 cm³/mol. The van der Waals surface area contributed by atoms with Crippen molar-refractivity contribution in [2.75, 3.05) is 19.6 Å². The molecule has 0 radical (unpaired) electrons. The van der Waals surface area contributed by atoms with Crippen molar-refractivity contribution in [3.8, 4) is 0 Å². The fraction of sp³-hybridized carbons (Fsp3) is 0.786. The van der Waals surface area contributed by atoms with Gasteiger partial charge in [-0.1, -0.05) is 18.6 Å². The zero-order valence-corrected chi connectivity index (χ0v) is 11.1. The van der Waals surface area contributed by atoms with Gasteiger partial charge in [-0.25, -0.2) is 0 Å². The lowest BCUT2D eigenvalue weighted by Gasteiger charge is -2.12. The van der Waals surface area contributed by atoms with E-state index in [2.05, 4.69) is 23.6 Å². The first-order valence-corrected chi connectivity index (χ1v) is 6.98. The van der Waals surface area contributed by atoms with Crippen LogP contribution < -0.4 is 10.6 Å². The van der Waals surface area contributed by atoms with Gasteiger partial charge in [-0.2, -0.15) is 0 Å². The van der Waals surface area contributed by atoms with Crippen LogP contribution in [0.3, 0.4) is 0 Å². The third-order valence-corrected chi connectivity index (χ3v) is 3.11. The van der Waals surface area contributed by atoms with E-state index in [4.69, 9.17) is 0 Å². The van der Waals surface area contributed by atoms with Crippen LogP contribution in [0.2, 0.25) is 0 Å². The van der Waals surface area contributed by atoms with Crippen molar-refractivity contribution in [1.82, 2.24) is 10.6 Å². The highest BCUT2D eigenvalue weighted by Gasteiger charge is 2.03. The first kappa shape index (κ1) is 14.2. The summed E-state index contributed by atoms with van der Waals surface area (Å²) in [4.78, 5) is 11.3.